The van der Waals surface area contributed by atoms with Gasteiger partial charge in [-0.05, 0) is 40.2 Å². The van der Waals surface area contributed by atoms with Gasteiger partial charge >= 0.3 is 0 Å². The van der Waals surface area contributed by atoms with Crippen LogP contribution in [0.25, 0.3) is 0 Å². The van der Waals surface area contributed by atoms with Crippen molar-refractivity contribution in [2.75, 3.05) is 20.1 Å². The zero-order valence-electron chi connectivity index (χ0n) is 13.2. The molecule has 0 aromatic rings. The van der Waals surface area contributed by atoms with E-state index in [0.29, 0.717) is 13.0 Å². The molecule has 1 rings (SSSR count). The number of carbonyl (C=O) groups is 2. The predicted octanol–water partition coefficient (Wildman–Crippen LogP) is 0.914. The number of likely N-dealkylation sites (tertiary alicyclic amines) is 1. The lowest BCUT2D eigenvalue weighted by molar-refractivity contribution is -0.137. The Labute approximate surface area is 121 Å². The number of hydrogen-bond acceptors (Lipinski definition) is 3. The summed E-state index contributed by atoms with van der Waals surface area (Å²) in [6.45, 7) is 12.4. The normalized spacial score (nSPS) is 27.8. The van der Waals surface area contributed by atoms with E-state index in [1.54, 1.807) is 0 Å². The van der Waals surface area contributed by atoms with E-state index >= 15 is 0 Å². The second-order valence-corrected chi connectivity index (χ2v) is 6.86. The van der Waals surface area contributed by atoms with Crippen LogP contribution in [-0.4, -0.2) is 47.9 Å². The molecule has 5 nitrogen and oxygen atoms in total. The summed E-state index contributed by atoms with van der Waals surface area (Å²) in [5, 5.41) is 5.86. The minimum atomic E-state index is -0.884. The fourth-order valence-electron chi connectivity index (χ4n) is 2.77. The first-order valence-corrected chi connectivity index (χ1v) is 7.00. The van der Waals surface area contributed by atoms with Gasteiger partial charge in [-0.2, -0.15) is 0 Å². The van der Waals surface area contributed by atoms with Gasteiger partial charge in [-0.1, -0.05) is 6.08 Å². The standard InChI is InChI=1S/C15H27N3O2/c1-7-12-8-15(16-11(2)19,10-18(6)9-12)13(20)17-14(3,4)5/h7,12H,1,8-10H2,2-6H3,(H,16,19)(H,17,20). The van der Waals surface area contributed by atoms with Gasteiger partial charge in [-0.25, -0.2) is 0 Å². The molecule has 2 amide bonds. The highest BCUT2D eigenvalue weighted by Crippen LogP contribution is 2.26. The van der Waals surface area contributed by atoms with Gasteiger partial charge in [0.25, 0.3) is 0 Å². The number of carbonyl (C=O) groups excluding carboxylic acids is 2. The van der Waals surface area contributed by atoms with E-state index in [0.717, 1.165) is 6.54 Å². The van der Waals surface area contributed by atoms with Crippen LogP contribution in [0.2, 0.25) is 0 Å². The highest BCUT2D eigenvalue weighted by molar-refractivity contribution is 5.91. The van der Waals surface area contributed by atoms with Crippen molar-refractivity contribution in [1.82, 2.24) is 15.5 Å². The van der Waals surface area contributed by atoms with Gasteiger partial charge in [-0.15, -0.1) is 6.58 Å². The molecular weight excluding hydrogens is 254 g/mol. The molecule has 2 N–H and O–H groups in total. The van der Waals surface area contributed by atoms with Gasteiger partial charge in [-0.3, -0.25) is 9.59 Å². The topological polar surface area (TPSA) is 61.4 Å². The number of piperidine rings is 1. The summed E-state index contributed by atoms with van der Waals surface area (Å²) in [7, 11) is 1.95. The van der Waals surface area contributed by atoms with Crippen LogP contribution < -0.4 is 10.6 Å². The molecule has 0 aromatic carbocycles. The van der Waals surface area contributed by atoms with E-state index in [-0.39, 0.29) is 23.3 Å². The summed E-state index contributed by atoms with van der Waals surface area (Å²) in [5.41, 5.74) is -1.22. The maximum Gasteiger partial charge on any atom is 0.247 e. The minimum Gasteiger partial charge on any atom is -0.349 e. The second-order valence-electron chi connectivity index (χ2n) is 6.86. The van der Waals surface area contributed by atoms with Crippen molar-refractivity contribution < 1.29 is 9.59 Å². The molecule has 1 aliphatic rings. The van der Waals surface area contributed by atoms with Crippen LogP contribution in [0.4, 0.5) is 0 Å². The molecule has 1 heterocycles. The molecule has 1 saturated heterocycles. The monoisotopic (exact) mass is 281 g/mol. The minimum absolute atomic E-state index is 0.126. The lowest BCUT2D eigenvalue weighted by atomic mass is 9.81. The number of nitrogens with zero attached hydrogens (tertiary/aromatic N) is 1. The Morgan fingerprint density at radius 1 is 1.40 bits per heavy atom. The molecule has 0 bridgehead atoms. The van der Waals surface area contributed by atoms with Crippen LogP contribution in [0.5, 0.6) is 0 Å². The molecule has 1 aliphatic heterocycles. The summed E-state index contributed by atoms with van der Waals surface area (Å²) in [5.74, 6) is -0.128. The summed E-state index contributed by atoms with van der Waals surface area (Å²) in [6.07, 6.45) is 2.44. The van der Waals surface area contributed by atoms with E-state index in [9.17, 15) is 9.59 Å². The average molecular weight is 281 g/mol. The Morgan fingerprint density at radius 2 is 2.00 bits per heavy atom. The Hall–Kier alpha value is -1.36. The van der Waals surface area contributed by atoms with E-state index in [2.05, 4.69) is 22.1 Å². The first-order valence-electron chi connectivity index (χ1n) is 7.00. The number of nitrogens with one attached hydrogen (secondary N) is 2. The van der Waals surface area contributed by atoms with Gasteiger partial charge in [0, 0.05) is 25.6 Å². The van der Waals surface area contributed by atoms with Crippen LogP contribution in [0.3, 0.4) is 0 Å². The van der Waals surface area contributed by atoms with Crippen LogP contribution in [0.15, 0.2) is 12.7 Å². The zero-order chi connectivity index (χ0) is 15.6. The molecule has 2 atom stereocenters. The van der Waals surface area contributed by atoms with Gasteiger partial charge in [0.1, 0.15) is 5.54 Å². The molecule has 0 saturated carbocycles. The third-order valence-corrected chi connectivity index (χ3v) is 3.37. The average Bonchev–Trinajstić information content (AvgIpc) is 2.24. The smallest absolute Gasteiger partial charge is 0.247 e. The highest BCUT2D eigenvalue weighted by atomic mass is 16.2. The van der Waals surface area contributed by atoms with Crippen molar-refractivity contribution in [2.24, 2.45) is 5.92 Å². The maximum atomic E-state index is 12.7. The highest BCUT2D eigenvalue weighted by Gasteiger charge is 2.45. The predicted molar refractivity (Wildman–Crippen MR) is 80.2 cm³/mol. The number of likely N-dealkylation sites (N-methyl/N-ethyl adjacent to an activating group) is 1. The fraction of sp³-hybridized carbons (Fsp3) is 0.733. The number of hydrogen-bond donors (Lipinski definition) is 2. The van der Waals surface area contributed by atoms with Crippen LogP contribution in [0, 0.1) is 5.92 Å². The molecule has 1 fully saturated rings. The van der Waals surface area contributed by atoms with Gasteiger partial charge in [0.05, 0.1) is 0 Å². The second kappa shape index (κ2) is 5.95. The fourth-order valence-corrected chi connectivity index (χ4v) is 2.77. The number of rotatable bonds is 3. The molecule has 20 heavy (non-hydrogen) atoms. The summed E-state index contributed by atoms with van der Waals surface area (Å²) < 4.78 is 0. The van der Waals surface area contributed by atoms with Gasteiger partial charge in [0.2, 0.25) is 11.8 Å². The quantitative estimate of drug-likeness (QED) is 0.756. The van der Waals surface area contributed by atoms with Crippen LogP contribution >= 0.6 is 0 Å². The van der Waals surface area contributed by atoms with Crippen molar-refractivity contribution in [1.29, 1.82) is 0 Å². The molecule has 0 spiro atoms. The summed E-state index contributed by atoms with van der Waals surface area (Å²) in [4.78, 5) is 26.3. The molecular formula is C15H27N3O2. The molecule has 0 aliphatic carbocycles. The zero-order valence-corrected chi connectivity index (χ0v) is 13.2. The molecule has 5 heteroatoms. The Balaban J connectivity index is 3.05. The van der Waals surface area contributed by atoms with E-state index in [1.807, 2.05) is 33.9 Å². The Bertz CT molecular complexity index is 400. The lowest BCUT2D eigenvalue weighted by Crippen LogP contribution is -2.68. The first-order chi connectivity index (χ1) is 9.08. The van der Waals surface area contributed by atoms with Crippen molar-refractivity contribution >= 4 is 11.8 Å². The van der Waals surface area contributed by atoms with Crippen molar-refractivity contribution in [2.45, 2.75) is 45.2 Å². The van der Waals surface area contributed by atoms with Gasteiger partial charge in [0.15, 0.2) is 0 Å². The molecule has 0 aromatic heterocycles. The van der Waals surface area contributed by atoms with E-state index in [4.69, 9.17) is 0 Å². The van der Waals surface area contributed by atoms with Crippen molar-refractivity contribution in [3.05, 3.63) is 12.7 Å². The third-order valence-electron chi connectivity index (χ3n) is 3.37. The lowest BCUT2D eigenvalue weighted by Gasteiger charge is -2.44. The Kier molecular flexibility index (Phi) is 4.97. The number of amides is 2. The molecule has 0 radical (unpaired) electrons. The van der Waals surface area contributed by atoms with Crippen molar-refractivity contribution in [3.8, 4) is 0 Å². The van der Waals surface area contributed by atoms with Crippen molar-refractivity contribution in [3.63, 3.8) is 0 Å². The molecule has 2 unspecified atom stereocenters. The third kappa shape index (κ3) is 4.34. The van der Waals surface area contributed by atoms with Gasteiger partial charge < -0.3 is 15.5 Å². The van der Waals surface area contributed by atoms with Crippen LogP contribution in [0.1, 0.15) is 34.1 Å². The largest absolute Gasteiger partial charge is 0.349 e. The maximum absolute atomic E-state index is 12.7. The Morgan fingerprint density at radius 3 is 2.45 bits per heavy atom. The summed E-state index contributed by atoms with van der Waals surface area (Å²) in [6, 6.07) is 0. The summed E-state index contributed by atoms with van der Waals surface area (Å²) >= 11 is 0. The SMILES string of the molecule is C=CC1CN(C)CC(NC(C)=O)(C(=O)NC(C)(C)C)C1. The van der Waals surface area contributed by atoms with E-state index < -0.39 is 5.54 Å². The molecule has 114 valence electrons. The van der Waals surface area contributed by atoms with Crippen LogP contribution in [-0.2, 0) is 9.59 Å². The van der Waals surface area contributed by atoms with E-state index in [1.165, 1.54) is 6.92 Å². The first kappa shape index (κ1) is 16.7.